The van der Waals surface area contributed by atoms with Crippen molar-refractivity contribution in [2.24, 2.45) is 7.05 Å². The summed E-state index contributed by atoms with van der Waals surface area (Å²) in [4.78, 5) is 18.5. The number of hydrogen-bond acceptors (Lipinski definition) is 6. The first-order chi connectivity index (χ1) is 13.5. The number of rotatable bonds is 3. The van der Waals surface area contributed by atoms with Crippen LogP contribution >= 0.6 is 0 Å². The molecule has 0 N–H and O–H groups in total. The van der Waals surface area contributed by atoms with Gasteiger partial charge >= 0.3 is 0 Å². The molecule has 0 aliphatic carbocycles. The quantitative estimate of drug-likeness (QED) is 0.699. The van der Waals surface area contributed by atoms with Gasteiger partial charge in [-0.1, -0.05) is 0 Å². The number of aryl methyl sites for hydroxylation is 3. The zero-order chi connectivity index (χ0) is 19.7. The Bertz CT molecular complexity index is 979. The number of hydrogen-bond donors (Lipinski definition) is 0. The molecule has 3 aromatic heterocycles. The van der Waals surface area contributed by atoms with Crippen LogP contribution in [0, 0.1) is 20.8 Å². The van der Waals surface area contributed by atoms with Crippen molar-refractivity contribution in [2.45, 2.75) is 27.2 Å². The van der Waals surface area contributed by atoms with Gasteiger partial charge < -0.3 is 9.80 Å². The minimum Gasteiger partial charge on any atom is -0.370 e. The molecule has 1 aliphatic heterocycles. The van der Waals surface area contributed by atoms with Crippen molar-refractivity contribution in [3.8, 4) is 11.3 Å². The highest BCUT2D eigenvalue weighted by molar-refractivity contribution is 5.65. The van der Waals surface area contributed by atoms with E-state index in [1.54, 1.807) is 0 Å². The summed E-state index contributed by atoms with van der Waals surface area (Å²) in [6.45, 7) is 9.98. The van der Waals surface area contributed by atoms with Crippen LogP contribution in [0.3, 0.4) is 0 Å². The van der Waals surface area contributed by atoms with Crippen molar-refractivity contribution in [3.05, 3.63) is 47.7 Å². The average Bonchev–Trinajstić information content (AvgIpc) is 2.86. The molecular formula is C21H27N7. The second kappa shape index (κ2) is 7.58. The molecule has 0 unspecified atom stereocenters. The van der Waals surface area contributed by atoms with Crippen molar-refractivity contribution < 1.29 is 0 Å². The average molecular weight is 377 g/mol. The molecule has 0 spiro atoms. The van der Waals surface area contributed by atoms with Crippen LogP contribution in [0.25, 0.3) is 11.3 Å². The summed E-state index contributed by atoms with van der Waals surface area (Å²) in [5.41, 5.74) is 6.47. The van der Waals surface area contributed by atoms with Gasteiger partial charge in [-0.15, -0.1) is 0 Å². The SMILES string of the molecule is Cc1cc(N2CCCN(c3nccc(-c4c(C)nn(C)c4C)n3)CC2)ccn1. The van der Waals surface area contributed by atoms with Crippen LogP contribution in [-0.4, -0.2) is 50.9 Å². The summed E-state index contributed by atoms with van der Waals surface area (Å²) in [5.74, 6) is 0.799. The van der Waals surface area contributed by atoms with Gasteiger partial charge in [0, 0.05) is 68.3 Å². The molecule has 1 saturated heterocycles. The largest absolute Gasteiger partial charge is 0.370 e. The third-order valence-electron chi connectivity index (χ3n) is 5.43. The fourth-order valence-corrected chi connectivity index (χ4v) is 3.89. The van der Waals surface area contributed by atoms with Gasteiger partial charge in [-0.3, -0.25) is 9.67 Å². The third-order valence-corrected chi connectivity index (χ3v) is 5.43. The van der Waals surface area contributed by atoms with Crippen molar-refractivity contribution >= 4 is 11.6 Å². The van der Waals surface area contributed by atoms with Crippen molar-refractivity contribution in [1.29, 1.82) is 0 Å². The van der Waals surface area contributed by atoms with Crippen molar-refractivity contribution in [1.82, 2.24) is 24.7 Å². The van der Waals surface area contributed by atoms with E-state index in [2.05, 4.69) is 43.9 Å². The zero-order valence-electron chi connectivity index (χ0n) is 17.1. The van der Waals surface area contributed by atoms with Crippen LogP contribution in [0.4, 0.5) is 11.6 Å². The summed E-state index contributed by atoms with van der Waals surface area (Å²) in [7, 11) is 1.97. The van der Waals surface area contributed by atoms with Crippen LogP contribution in [0.5, 0.6) is 0 Å². The fourth-order valence-electron chi connectivity index (χ4n) is 3.89. The van der Waals surface area contributed by atoms with Crippen molar-refractivity contribution in [2.75, 3.05) is 36.0 Å². The lowest BCUT2D eigenvalue weighted by Gasteiger charge is -2.24. The van der Waals surface area contributed by atoms with E-state index >= 15 is 0 Å². The van der Waals surface area contributed by atoms with E-state index in [9.17, 15) is 0 Å². The molecular weight excluding hydrogens is 350 g/mol. The predicted molar refractivity (Wildman–Crippen MR) is 112 cm³/mol. The van der Waals surface area contributed by atoms with Gasteiger partial charge in [0.1, 0.15) is 0 Å². The lowest BCUT2D eigenvalue weighted by Crippen LogP contribution is -2.31. The van der Waals surface area contributed by atoms with E-state index in [4.69, 9.17) is 4.98 Å². The number of aromatic nitrogens is 5. The molecule has 0 radical (unpaired) electrons. The summed E-state index contributed by atoms with van der Waals surface area (Å²) in [5, 5.41) is 4.53. The van der Waals surface area contributed by atoms with Crippen LogP contribution in [0.2, 0.25) is 0 Å². The summed E-state index contributed by atoms with van der Waals surface area (Å²) < 4.78 is 1.91. The smallest absolute Gasteiger partial charge is 0.225 e. The van der Waals surface area contributed by atoms with E-state index in [-0.39, 0.29) is 0 Å². The number of anilines is 2. The molecule has 4 heterocycles. The zero-order valence-corrected chi connectivity index (χ0v) is 17.1. The lowest BCUT2D eigenvalue weighted by atomic mass is 10.1. The van der Waals surface area contributed by atoms with Gasteiger partial charge in [-0.25, -0.2) is 9.97 Å². The topological polar surface area (TPSA) is 63.0 Å². The maximum Gasteiger partial charge on any atom is 0.225 e. The standard InChI is InChI=1S/C21H27N7/c1-15-14-18(6-8-22-15)27-10-5-11-28(13-12-27)21-23-9-7-19(24-21)20-16(2)25-26(4)17(20)3/h6-9,14H,5,10-13H2,1-4H3. The molecule has 28 heavy (non-hydrogen) atoms. The summed E-state index contributed by atoms with van der Waals surface area (Å²) in [6, 6.07) is 6.22. The molecule has 1 aliphatic rings. The first-order valence-corrected chi connectivity index (χ1v) is 9.79. The fraction of sp³-hybridized carbons (Fsp3) is 0.429. The van der Waals surface area contributed by atoms with Gasteiger partial charge in [0.15, 0.2) is 0 Å². The monoisotopic (exact) mass is 377 g/mol. The molecule has 0 atom stereocenters. The van der Waals surface area contributed by atoms with E-state index in [0.717, 1.165) is 66.9 Å². The van der Waals surface area contributed by atoms with Gasteiger partial charge in [-0.05, 0) is 45.4 Å². The van der Waals surface area contributed by atoms with Crippen LogP contribution in [0.15, 0.2) is 30.6 Å². The van der Waals surface area contributed by atoms with Gasteiger partial charge in [-0.2, -0.15) is 5.10 Å². The Balaban J connectivity index is 1.55. The number of nitrogens with zero attached hydrogens (tertiary/aromatic N) is 7. The Labute approximate surface area is 166 Å². The molecule has 4 rings (SSSR count). The molecule has 0 amide bonds. The minimum atomic E-state index is 0.799. The normalized spacial score (nSPS) is 15.0. The molecule has 0 bridgehead atoms. The lowest BCUT2D eigenvalue weighted by molar-refractivity contribution is 0.731. The van der Waals surface area contributed by atoms with E-state index in [1.807, 2.05) is 44.0 Å². The highest BCUT2D eigenvalue weighted by atomic mass is 15.3. The van der Waals surface area contributed by atoms with Crippen LogP contribution in [-0.2, 0) is 7.05 Å². The molecule has 7 nitrogen and oxygen atoms in total. The van der Waals surface area contributed by atoms with Gasteiger partial charge in [0.2, 0.25) is 5.95 Å². The Morgan fingerprint density at radius 2 is 1.64 bits per heavy atom. The first kappa shape index (κ1) is 18.4. The van der Waals surface area contributed by atoms with E-state index < -0.39 is 0 Å². The molecule has 7 heteroatoms. The minimum absolute atomic E-state index is 0.799. The molecule has 1 fully saturated rings. The Hall–Kier alpha value is -2.96. The Morgan fingerprint density at radius 3 is 2.39 bits per heavy atom. The third kappa shape index (κ3) is 3.56. The van der Waals surface area contributed by atoms with Crippen molar-refractivity contribution in [3.63, 3.8) is 0 Å². The Kier molecular flexibility index (Phi) is 4.98. The predicted octanol–water partition coefficient (Wildman–Crippen LogP) is 2.91. The highest BCUT2D eigenvalue weighted by Crippen LogP contribution is 2.26. The second-order valence-electron chi connectivity index (χ2n) is 7.39. The number of pyridine rings is 1. The Morgan fingerprint density at radius 1 is 0.893 bits per heavy atom. The first-order valence-electron chi connectivity index (χ1n) is 9.79. The highest BCUT2D eigenvalue weighted by Gasteiger charge is 2.19. The molecule has 146 valence electrons. The van der Waals surface area contributed by atoms with Gasteiger partial charge in [0.05, 0.1) is 11.4 Å². The molecule has 0 saturated carbocycles. The summed E-state index contributed by atoms with van der Waals surface area (Å²) in [6.07, 6.45) is 4.82. The van der Waals surface area contributed by atoms with E-state index in [0.29, 0.717) is 0 Å². The maximum absolute atomic E-state index is 4.89. The maximum atomic E-state index is 4.89. The van der Waals surface area contributed by atoms with Gasteiger partial charge in [0.25, 0.3) is 0 Å². The van der Waals surface area contributed by atoms with Crippen LogP contribution < -0.4 is 9.80 Å². The van der Waals surface area contributed by atoms with E-state index in [1.165, 1.54) is 5.69 Å². The van der Waals surface area contributed by atoms with Crippen LogP contribution in [0.1, 0.15) is 23.5 Å². The molecule has 3 aromatic rings. The second-order valence-corrected chi connectivity index (χ2v) is 7.39. The molecule has 0 aromatic carbocycles. The summed E-state index contributed by atoms with van der Waals surface area (Å²) >= 11 is 0.